The van der Waals surface area contributed by atoms with Crippen molar-refractivity contribution < 1.29 is 14.6 Å². The van der Waals surface area contributed by atoms with Crippen molar-refractivity contribution in [3.63, 3.8) is 0 Å². The lowest BCUT2D eigenvalue weighted by atomic mass is 10.3. The quantitative estimate of drug-likeness (QED) is 0.561. The van der Waals surface area contributed by atoms with E-state index in [1.165, 1.54) is 25.7 Å². The van der Waals surface area contributed by atoms with Crippen molar-refractivity contribution in [2.24, 2.45) is 0 Å². The molecule has 17 heavy (non-hydrogen) atoms. The Morgan fingerprint density at radius 2 is 1.24 bits per heavy atom. The van der Waals surface area contributed by atoms with Crippen molar-refractivity contribution in [1.29, 1.82) is 0 Å². The van der Waals surface area contributed by atoms with Crippen LogP contribution in [0.2, 0.25) is 0 Å². The van der Waals surface area contributed by atoms with E-state index in [9.17, 15) is 0 Å². The number of aliphatic carboxylic acids is 1. The van der Waals surface area contributed by atoms with Crippen LogP contribution in [0.25, 0.3) is 0 Å². The molecule has 0 saturated carbocycles. The third-order valence-corrected chi connectivity index (χ3v) is 1.28. The number of hydrogen-bond acceptors (Lipinski definition) is 2. The lowest BCUT2D eigenvalue weighted by molar-refractivity contribution is -0.134. The number of hydrogen-bond donors (Lipinski definition) is 1. The average molecular weight is 246 g/mol. The van der Waals surface area contributed by atoms with E-state index in [-0.39, 0.29) is 0 Å². The summed E-state index contributed by atoms with van der Waals surface area (Å²) in [5, 5.41) is 7.42. The molecule has 0 atom stereocenters. The van der Waals surface area contributed by atoms with E-state index in [0.29, 0.717) is 0 Å². The molecule has 0 bridgehead atoms. The molecule has 0 aliphatic carbocycles. The summed E-state index contributed by atoms with van der Waals surface area (Å²) in [4.78, 5) is 9.00. The van der Waals surface area contributed by atoms with Crippen molar-refractivity contribution in [1.82, 2.24) is 0 Å². The zero-order valence-electron chi connectivity index (χ0n) is 11.8. The molecule has 3 heteroatoms. The van der Waals surface area contributed by atoms with Crippen LogP contribution < -0.4 is 0 Å². The molecule has 0 radical (unpaired) electrons. The highest BCUT2D eigenvalue weighted by atomic mass is 16.5. The van der Waals surface area contributed by atoms with Gasteiger partial charge in [0.05, 0.1) is 0 Å². The molecule has 0 saturated heterocycles. The number of carboxylic acid groups (broad SMARTS) is 1. The first kappa shape index (κ1) is 24.9. The minimum atomic E-state index is -0.833. The van der Waals surface area contributed by atoms with E-state index in [4.69, 9.17) is 14.6 Å². The summed E-state index contributed by atoms with van der Waals surface area (Å²) in [5.74, 6) is -0.833. The van der Waals surface area contributed by atoms with Crippen LogP contribution in [0.5, 0.6) is 0 Å². The second-order valence-electron chi connectivity index (χ2n) is 2.84. The first-order valence-corrected chi connectivity index (χ1v) is 5.92. The fraction of sp³-hybridized carbons (Fsp3) is 0.643. The Kier molecular flexibility index (Phi) is 53.3. The van der Waals surface area contributed by atoms with E-state index in [0.717, 1.165) is 20.1 Å². The summed E-state index contributed by atoms with van der Waals surface area (Å²) < 4.78 is 5.31. The summed E-state index contributed by atoms with van der Waals surface area (Å²) in [6, 6.07) is 0. The van der Waals surface area contributed by atoms with Crippen LogP contribution in [0.15, 0.2) is 26.3 Å². The van der Waals surface area contributed by atoms with Gasteiger partial charge < -0.3 is 9.84 Å². The molecule has 0 spiro atoms. The Bertz CT molecular complexity index is 113. The zero-order chi connectivity index (χ0) is 14.5. The lowest BCUT2D eigenvalue weighted by Gasteiger charge is -1.99. The Labute approximate surface area is 107 Å². The molecule has 0 aliphatic rings. The Balaban J connectivity index is -0.0000000887. The SMILES string of the molecule is C=C.C=C.CC(=O)O.CCCCOCCCC. The molecule has 0 aromatic carbocycles. The molecule has 0 rings (SSSR count). The molecule has 1 N–H and O–H groups in total. The van der Waals surface area contributed by atoms with Crippen LogP contribution in [-0.4, -0.2) is 24.3 Å². The van der Waals surface area contributed by atoms with Crippen LogP contribution >= 0.6 is 0 Å². The third-order valence-electron chi connectivity index (χ3n) is 1.28. The smallest absolute Gasteiger partial charge is 0.300 e. The predicted octanol–water partition coefficient (Wildman–Crippen LogP) is 4.30. The molecule has 3 nitrogen and oxygen atoms in total. The number of rotatable bonds is 6. The first-order chi connectivity index (χ1) is 8.15. The van der Waals surface area contributed by atoms with Gasteiger partial charge in [-0.1, -0.05) is 26.7 Å². The van der Waals surface area contributed by atoms with Crippen LogP contribution in [-0.2, 0) is 9.53 Å². The molecular weight excluding hydrogens is 216 g/mol. The predicted molar refractivity (Wildman–Crippen MR) is 76.5 cm³/mol. The van der Waals surface area contributed by atoms with Crippen molar-refractivity contribution in [3.8, 4) is 0 Å². The molecular formula is C14H30O3. The Hall–Kier alpha value is -1.09. The molecule has 0 aromatic heterocycles. The number of ether oxygens (including phenoxy) is 1. The highest BCUT2D eigenvalue weighted by Gasteiger charge is 1.84. The third kappa shape index (κ3) is 103. The summed E-state index contributed by atoms with van der Waals surface area (Å²) in [6.45, 7) is 19.4. The average Bonchev–Trinajstić information content (AvgIpc) is 2.33. The van der Waals surface area contributed by atoms with E-state index >= 15 is 0 Å². The van der Waals surface area contributed by atoms with E-state index < -0.39 is 5.97 Å². The van der Waals surface area contributed by atoms with Crippen molar-refractivity contribution in [3.05, 3.63) is 26.3 Å². The van der Waals surface area contributed by atoms with Crippen LogP contribution in [0.3, 0.4) is 0 Å². The normalized spacial score (nSPS) is 7.24. The van der Waals surface area contributed by atoms with Crippen LogP contribution in [0.1, 0.15) is 46.5 Å². The van der Waals surface area contributed by atoms with Crippen molar-refractivity contribution >= 4 is 5.97 Å². The van der Waals surface area contributed by atoms with Gasteiger partial charge in [0.25, 0.3) is 5.97 Å². The minimum absolute atomic E-state index is 0.833. The Morgan fingerprint density at radius 3 is 1.41 bits per heavy atom. The maximum Gasteiger partial charge on any atom is 0.300 e. The summed E-state index contributed by atoms with van der Waals surface area (Å²) >= 11 is 0. The van der Waals surface area contributed by atoms with Gasteiger partial charge in [-0.3, -0.25) is 4.79 Å². The zero-order valence-corrected chi connectivity index (χ0v) is 11.8. The monoisotopic (exact) mass is 246 g/mol. The van der Waals surface area contributed by atoms with Gasteiger partial charge in [0.15, 0.2) is 0 Å². The maximum atomic E-state index is 9.00. The van der Waals surface area contributed by atoms with Gasteiger partial charge >= 0.3 is 0 Å². The number of carbonyl (C=O) groups is 1. The second-order valence-corrected chi connectivity index (χ2v) is 2.84. The lowest BCUT2D eigenvalue weighted by Crippen LogP contribution is -1.95. The van der Waals surface area contributed by atoms with Crippen molar-refractivity contribution in [2.45, 2.75) is 46.5 Å². The van der Waals surface area contributed by atoms with Crippen LogP contribution in [0.4, 0.5) is 0 Å². The van der Waals surface area contributed by atoms with Gasteiger partial charge in [-0.2, -0.15) is 0 Å². The molecule has 104 valence electrons. The molecule has 0 aliphatic heterocycles. The molecule has 0 unspecified atom stereocenters. The fourth-order valence-electron chi connectivity index (χ4n) is 0.595. The van der Waals surface area contributed by atoms with Gasteiger partial charge in [0.1, 0.15) is 0 Å². The first-order valence-electron chi connectivity index (χ1n) is 5.92. The molecule has 0 aromatic rings. The van der Waals surface area contributed by atoms with Crippen LogP contribution in [0, 0.1) is 0 Å². The molecule has 0 fully saturated rings. The standard InChI is InChI=1S/C8H18O.C2H4O2.2C2H4/c1-3-5-7-9-8-6-4-2;1-2(3)4;2*1-2/h3-8H2,1-2H3;1H3,(H,3,4);2*1-2H2. The summed E-state index contributed by atoms with van der Waals surface area (Å²) in [7, 11) is 0. The molecule has 0 amide bonds. The second kappa shape index (κ2) is 36.3. The highest BCUT2D eigenvalue weighted by molar-refractivity contribution is 5.62. The summed E-state index contributed by atoms with van der Waals surface area (Å²) in [6.07, 6.45) is 4.91. The largest absolute Gasteiger partial charge is 0.481 e. The summed E-state index contributed by atoms with van der Waals surface area (Å²) in [5.41, 5.74) is 0. The van der Waals surface area contributed by atoms with Crippen molar-refractivity contribution in [2.75, 3.05) is 13.2 Å². The van der Waals surface area contributed by atoms with Gasteiger partial charge in [0.2, 0.25) is 0 Å². The van der Waals surface area contributed by atoms with Gasteiger partial charge in [-0.15, -0.1) is 26.3 Å². The van der Waals surface area contributed by atoms with Gasteiger partial charge in [-0.25, -0.2) is 0 Å². The maximum absolute atomic E-state index is 9.00. The molecule has 0 heterocycles. The van der Waals surface area contributed by atoms with E-state index in [2.05, 4.69) is 40.2 Å². The number of carboxylic acids is 1. The van der Waals surface area contributed by atoms with Gasteiger partial charge in [0, 0.05) is 20.1 Å². The number of unbranched alkanes of at least 4 members (excludes halogenated alkanes) is 2. The van der Waals surface area contributed by atoms with Gasteiger partial charge in [-0.05, 0) is 12.8 Å². The van der Waals surface area contributed by atoms with E-state index in [1.807, 2.05) is 0 Å². The van der Waals surface area contributed by atoms with E-state index in [1.54, 1.807) is 0 Å². The fourth-order valence-corrected chi connectivity index (χ4v) is 0.595. The Morgan fingerprint density at radius 1 is 1.00 bits per heavy atom. The topological polar surface area (TPSA) is 46.5 Å². The minimum Gasteiger partial charge on any atom is -0.481 e. The highest BCUT2D eigenvalue weighted by Crippen LogP contribution is 1.91.